The van der Waals surface area contributed by atoms with Gasteiger partial charge >= 0.3 is 0 Å². The third-order valence-electron chi connectivity index (χ3n) is 4.87. The van der Waals surface area contributed by atoms with Crippen molar-refractivity contribution in [3.05, 3.63) is 24.3 Å². The number of benzene rings is 1. The summed E-state index contributed by atoms with van der Waals surface area (Å²) in [6, 6.07) is 7.06. The average Bonchev–Trinajstić information content (AvgIpc) is 3.01. The van der Waals surface area contributed by atoms with Gasteiger partial charge in [0.25, 0.3) is 5.91 Å². The van der Waals surface area contributed by atoms with Crippen LogP contribution in [0.3, 0.4) is 0 Å². The fraction of sp³-hybridized carbons (Fsp3) is 0.471. The first-order valence-electron chi connectivity index (χ1n) is 8.32. The number of nitrogens with zero attached hydrogens (tertiary/aromatic N) is 1. The van der Waals surface area contributed by atoms with Crippen LogP contribution in [-0.2, 0) is 14.4 Å². The molecule has 0 unspecified atom stereocenters. The van der Waals surface area contributed by atoms with Crippen LogP contribution in [-0.4, -0.2) is 35.2 Å². The molecule has 3 aliphatic heterocycles. The number of thioether (sulfide) groups is 1. The SMILES string of the molecule is O=C1NCCCC[C@@H]1NC(=O)[C@]12CCC(=O)N1c1ccccc1S2. The molecular formula is C17H19N3O3S. The number of amides is 3. The lowest BCUT2D eigenvalue weighted by Gasteiger charge is -2.31. The summed E-state index contributed by atoms with van der Waals surface area (Å²) in [5, 5.41) is 5.74. The van der Waals surface area contributed by atoms with Crippen molar-refractivity contribution in [1.82, 2.24) is 10.6 Å². The van der Waals surface area contributed by atoms with Gasteiger partial charge in [0.1, 0.15) is 6.04 Å². The smallest absolute Gasteiger partial charge is 0.257 e. The molecule has 2 saturated heterocycles. The van der Waals surface area contributed by atoms with Crippen LogP contribution < -0.4 is 15.5 Å². The first-order chi connectivity index (χ1) is 11.6. The van der Waals surface area contributed by atoms with Gasteiger partial charge in [-0.1, -0.05) is 23.9 Å². The molecule has 7 heteroatoms. The molecule has 0 saturated carbocycles. The van der Waals surface area contributed by atoms with Crippen LogP contribution in [0.1, 0.15) is 32.1 Å². The maximum atomic E-state index is 13.1. The second kappa shape index (κ2) is 5.81. The Hall–Kier alpha value is -2.02. The van der Waals surface area contributed by atoms with E-state index in [1.807, 2.05) is 24.3 Å². The van der Waals surface area contributed by atoms with Gasteiger partial charge in [-0.25, -0.2) is 0 Å². The fourth-order valence-electron chi connectivity index (χ4n) is 3.65. The highest BCUT2D eigenvalue weighted by Gasteiger charge is 2.57. The summed E-state index contributed by atoms with van der Waals surface area (Å²) in [7, 11) is 0. The minimum atomic E-state index is -0.951. The fourth-order valence-corrected chi connectivity index (χ4v) is 5.07. The Morgan fingerprint density at radius 3 is 3.00 bits per heavy atom. The van der Waals surface area contributed by atoms with Crippen LogP contribution in [0.4, 0.5) is 5.69 Å². The number of nitrogens with one attached hydrogen (secondary N) is 2. The molecule has 0 spiro atoms. The van der Waals surface area contributed by atoms with Gasteiger partial charge in [0, 0.05) is 17.9 Å². The van der Waals surface area contributed by atoms with E-state index in [4.69, 9.17) is 0 Å². The van der Waals surface area contributed by atoms with E-state index >= 15 is 0 Å². The number of hydrogen-bond acceptors (Lipinski definition) is 4. The number of fused-ring (bicyclic) bond motifs is 3. The lowest BCUT2D eigenvalue weighted by molar-refractivity contribution is -0.130. The van der Waals surface area contributed by atoms with Crippen LogP contribution in [0.15, 0.2) is 29.2 Å². The molecule has 2 N–H and O–H groups in total. The molecule has 3 aliphatic rings. The molecule has 0 aliphatic carbocycles. The van der Waals surface area contributed by atoms with Crippen molar-refractivity contribution < 1.29 is 14.4 Å². The molecule has 2 fully saturated rings. The predicted molar refractivity (Wildman–Crippen MR) is 90.5 cm³/mol. The molecule has 24 heavy (non-hydrogen) atoms. The first-order valence-corrected chi connectivity index (χ1v) is 9.13. The van der Waals surface area contributed by atoms with Crippen molar-refractivity contribution in [3.63, 3.8) is 0 Å². The molecular weight excluding hydrogens is 326 g/mol. The Balaban J connectivity index is 1.62. The van der Waals surface area contributed by atoms with E-state index in [0.717, 1.165) is 23.4 Å². The normalized spacial score (nSPS) is 28.8. The highest BCUT2D eigenvalue weighted by Crippen LogP contribution is 2.55. The lowest BCUT2D eigenvalue weighted by Crippen LogP contribution is -2.57. The molecule has 0 radical (unpaired) electrons. The van der Waals surface area contributed by atoms with Gasteiger partial charge in [0.05, 0.1) is 5.69 Å². The van der Waals surface area contributed by atoms with E-state index < -0.39 is 10.9 Å². The van der Waals surface area contributed by atoms with Crippen LogP contribution in [0, 0.1) is 0 Å². The van der Waals surface area contributed by atoms with Crippen LogP contribution in [0.25, 0.3) is 0 Å². The molecule has 2 atom stereocenters. The second-order valence-corrected chi connectivity index (χ2v) is 7.72. The van der Waals surface area contributed by atoms with Crippen molar-refractivity contribution in [2.24, 2.45) is 0 Å². The largest absolute Gasteiger partial charge is 0.354 e. The Morgan fingerprint density at radius 1 is 1.29 bits per heavy atom. The van der Waals surface area contributed by atoms with Gasteiger partial charge in [0.15, 0.2) is 4.87 Å². The monoisotopic (exact) mass is 345 g/mol. The van der Waals surface area contributed by atoms with Gasteiger partial charge in [0.2, 0.25) is 11.8 Å². The van der Waals surface area contributed by atoms with E-state index in [1.165, 1.54) is 11.8 Å². The molecule has 4 rings (SSSR count). The van der Waals surface area contributed by atoms with Crippen molar-refractivity contribution >= 4 is 35.2 Å². The number of rotatable bonds is 2. The molecule has 1 aromatic carbocycles. The Bertz CT molecular complexity index is 723. The van der Waals surface area contributed by atoms with Gasteiger partial charge in [-0.15, -0.1) is 0 Å². The Morgan fingerprint density at radius 2 is 2.12 bits per heavy atom. The van der Waals surface area contributed by atoms with E-state index in [2.05, 4.69) is 10.6 Å². The summed E-state index contributed by atoms with van der Waals surface area (Å²) in [5.74, 6) is -0.404. The Labute approximate surface area is 144 Å². The first kappa shape index (κ1) is 15.5. The predicted octanol–water partition coefficient (Wildman–Crippen LogP) is 1.40. The van der Waals surface area contributed by atoms with Crippen molar-refractivity contribution in [1.29, 1.82) is 0 Å². The highest BCUT2D eigenvalue weighted by molar-refractivity contribution is 8.02. The summed E-state index contributed by atoms with van der Waals surface area (Å²) in [6.45, 7) is 0.654. The van der Waals surface area contributed by atoms with E-state index in [1.54, 1.807) is 4.90 Å². The van der Waals surface area contributed by atoms with Crippen molar-refractivity contribution in [3.8, 4) is 0 Å². The summed E-state index contributed by atoms with van der Waals surface area (Å²) in [4.78, 5) is 39.2. The Kier molecular flexibility index (Phi) is 3.75. The van der Waals surface area contributed by atoms with Crippen molar-refractivity contribution in [2.75, 3.05) is 11.4 Å². The quantitative estimate of drug-likeness (QED) is 0.849. The van der Waals surface area contributed by atoms with E-state index in [-0.39, 0.29) is 17.7 Å². The summed E-state index contributed by atoms with van der Waals surface area (Å²) in [5.41, 5.74) is 0.797. The standard InChI is InChI=1S/C17H19N3O3S/c21-14-8-9-17(20(14)12-6-1-2-7-13(12)24-17)16(23)19-11-5-3-4-10-18-15(11)22/h1-2,6-7,11H,3-5,8-10H2,(H,18,22)(H,19,23)/t11-,17+/m0/s1. The number of para-hydroxylation sites is 1. The third kappa shape index (κ3) is 2.30. The number of carbonyl (C=O) groups is 3. The third-order valence-corrected chi connectivity index (χ3v) is 6.34. The van der Waals surface area contributed by atoms with Gasteiger partial charge in [-0.05, 0) is 37.8 Å². The maximum Gasteiger partial charge on any atom is 0.257 e. The zero-order valence-corrected chi connectivity index (χ0v) is 14.0. The minimum Gasteiger partial charge on any atom is -0.354 e. The zero-order chi connectivity index (χ0) is 16.7. The van der Waals surface area contributed by atoms with E-state index in [0.29, 0.717) is 25.8 Å². The number of carbonyl (C=O) groups excluding carboxylic acids is 3. The second-order valence-electron chi connectivity index (χ2n) is 6.40. The van der Waals surface area contributed by atoms with Crippen LogP contribution in [0.5, 0.6) is 0 Å². The molecule has 0 aromatic heterocycles. The average molecular weight is 345 g/mol. The molecule has 3 amide bonds. The topological polar surface area (TPSA) is 78.5 Å². The van der Waals surface area contributed by atoms with Crippen molar-refractivity contribution in [2.45, 2.75) is 47.9 Å². The molecule has 0 bridgehead atoms. The van der Waals surface area contributed by atoms with Crippen LogP contribution >= 0.6 is 11.8 Å². The molecule has 6 nitrogen and oxygen atoms in total. The van der Waals surface area contributed by atoms with Gasteiger partial charge in [-0.2, -0.15) is 0 Å². The highest BCUT2D eigenvalue weighted by atomic mass is 32.2. The summed E-state index contributed by atoms with van der Waals surface area (Å²) < 4.78 is 0. The summed E-state index contributed by atoms with van der Waals surface area (Å²) >= 11 is 1.42. The number of anilines is 1. The summed E-state index contributed by atoms with van der Waals surface area (Å²) in [6.07, 6.45) is 3.27. The number of hydrogen-bond donors (Lipinski definition) is 2. The molecule has 1 aromatic rings. The lowest BCUT2D eigenvalue weighted by atomic mass is 10.1. The zero-order valence-electron chi connectivity index (χ0n) is 13.2. The van der Waals surface area contributed by atoms with Gasteiger partial charge in [-0.3, -0.25) is 19.3 Å². The van der Waals surface area contributed by atoms with E-state index in [9.17, 15) is 14.4 Å². The molecule has 3 heterocycles. The van der Waals surface area contributed by atoms with Crippen LogP contribution in [0.2, 0.25) is 0 Å². The van der Waals surface area contributed by atoms with Gasteiger partial charge < -0.3 is 10.6 Å². The maximum absolute atomic E-state index is 13.1. The molecule has 126 valence electrons. The minimum absolute atomic E-state index is 0.0343.